The molecule has 0 saturated carbocycles. The zero-order valence-corrected chi connectivity index (χ0v) is 17.6. The van der Waals surface area contributed by atoms with Crippen LogP contribution in [0.15, 0.2) is 60.0 Å². The summed E-state index contributed by atoms with van der Waals surface area (Å²) in [6.45, 7) is 5.11. The van der Waals surface area contributed by atoms with Crippen molar-refractivity contribution in [2.75, 3.05) is 24.2 Å². The number of anilines is 1. The van der Waals surface area contributed by atoms with E-state index >= 15 is 0 Å². The number of nitro groups is 1. The van der Waals surface area contributed by atoms with Crippen molar-refractivity contribution in [3.8, 4) is 5.69 Å². The molecule has 0 aliphatic carbocycles. The number of nitro benzene ring substituents is 1. The van der Waals surface area contributed by atoms with Gasteiger partial charge in [-0.3, -0.25) is 19.5 Å². The molecule has 0 bridgehead atoms. The number of amides is 1. The molecule has 3 aromatic rings. The van der Waals surface area contributed by atoms with E-state index in [-0.39, 0.29) is 17.3 Å². The van der Waals surface area contributed by atoms with E-state index in [9.17, 15) is 14.9 Å². The summed E-state index contributed by atoms with van der Waals surface area (Å²) in [4.78, 5) is 26.7. The number of aromatic nitrogens is 2. The van der Waals surface area contributed by atoms with Crippen molar-refractivity contribution in [3.63, 3.8) is 0 Å². The molecule has 0 unspecified atom stereocenters. The lowest BCUT2D eigenvalue weighted by Gasteiger charge is -2.10. The van der Waals surface area contributed by atoms with E-state index in [2.05, 4.69) is 41.6 Å². The number of rotatable bonds is 9. The van der Waals surface area contributed by atoms with E-state index in [1.54, 1.807) is 18.3 Å². The molecule has 0 saturated heterocycles. The van der Waals surface area contributed by atoms with Crippen molar-refractivity contribution in [1.82, 2.24) is 14.9 Å². The fourth-order valence-corrected chi connectivity index (χ4v) is 3.56. The number of thioether (sulfide) groups is 1. The van der Waals surface area contributed by atoms with Gasteiger partial charge in [0.15, 0.2) is 5.16 Å². The van der Waals surface area contributed by atoms with Crippen molar-refractivity contribution in [2.24, 2.45) is 0 Å². The Bertz CT molecular complexity index is 1030. The largest absolute Gasteiger partial charge is 0.383 e. The SMILES string of the molecule is Cc1ccc(-n2ccnc2SCC(=O)NCCNc2ccc([N+](=O)[O-])cc2)cc1C. The normalized spacial score (nSPS) is 10.6. The zero-order chi connectivity index (χ0) is 21.5. The minimum absolute atomic E-state index is 0.0463. The van der Waals surface area contributed by atoms with Crippen molar-refractivity contribution < 1.29 is 9.72 Å². The van der Waals surface area contributed by atoms with E-state index < -0.39 is 4.92 Å². The van der Waals surface area contributed by atoms with Gasteiger partial charge >= 0.3 is 0 Å². The van der Waals surface area contributed by atoms with E-state index in [0.29, 0.717) is 13.1 Å². The lowest BCUT2D eigenvalue weighted by atomic mass is 10.1. The average Bonchev–Trinajstić information content (AvgIpc) is 3.20. The molecule has 9 heteroatoms. The van der Waals surface area contributed by atoms with E-state index in [1.165, 1.54) is 35.0 Å². The Morgan fingerprint density at radius 2 is 1.90 bits per heavy atom. The highest BCUT2D eigenvalue weighted by Crippen LogP contribution is 2.22. The van der Waals surface area contributed by atoms with Crippen molar-refractivity contribution >= 4 is 29.0 Å². The maximum atomic E-state index is 12.1. The molecule has 0 spiro atoms. The van der Waals surface area contributed by atoms with Gasteiger partial charge in [-0.25, -0.2) is 4.98 Å². The molecule has 0 fully saturated rings. The van der Waals surface area contributed by atoms with Gasteiger partial charge in [0.05, 0.1) is 10.7 Å². The fourth-order valence-electron chi connectivity index (χ4n) is 2.76. The van der Waals surface area contributed by atoms with Gasteiger partial charge in [-0.15, -0.1) is 0 Å². The van der Waals surface area contributed by atoms with Gasteiger partial charge in [-0.1, -0.05) is 17.8 Å². The highest BCUT2D eigenvalue weighted by molar-refractivity contribution is 7.99. The Kier molecular flexibility index (Phi) is 7.08. The molecule has 0 aliphatic heterocycles. The third kappa shape index (κ3) is 5.60. The van der Waals surface area contributed by atoms with Crippen LogP contribution in [-0.4, -0.2) is 39.2 Å². The topological polar surface area (TPSA) is 102 Å². The second-order valence-electron chi connectivity index (χ2n) is 6.72. The molecule has 2 N–H and O–H groups in total. The van der Waals surface area contributed by atoms with Gasteiger partial charge in [-0.2, -0.15) is 0 Å². The van der Waals surface area contributed by atoms with Crippen LogP contribution in [0.25, 0.3) is 5.69 Å². The highest BCUT2D eigenvalue weighted by atomic mass is 32.2. The summed E-state index contributed by atoms with van der Waals surface area (Å²) in [6, 6.07) is 12.4. The third-order valence-electron chi connectivity index (χ3n) is 4.56. The van der Waals surface area contributed by atoms with Crippen LogP contribution in [0.4, 0.5) is 11.4 Å². The van der Waals surface area contributed by atoms with Gasteiger partial charge in [0.2, 0.25) is 5.91 Å². The maximum absolute atomic E-state index is 12.1. The summed E-state index contributed by atoms with van der Waals surface area (Å²) in [7, 11) is 0. The lowest BCUT2D eigenvalue weighted by Crippen LogP contribution is -2.30. The van der Waals surface area contributed by atoms with Crippen LogP contribution in [0.1, 0.15) is 11.1 Å². The van der Waals surface area contributed by atoms with Gasteiger partial charge in [-0.05, 0) is 49.2 Å². The number of hydrogen-bond donors (Lipinski definition) is 2. The molecular formula is C21H23N5O3S. The van der Waals surface area contributed by atoms with Crippen molar-refractivity contribution in [2.45, 2.75) is 19.0 Å². The van der Waals surface area contributed by atoms with Crippen LogP contribution in [0.2, 0.25) is 0 Å². The number of carbonyl (C=O) groups is 1. The average molecular weight is 426 g/mol. The molecule has 3 rings (SSSR count). The summed E-state index contributed by atoms with van der Waals surface area (Å²) >= 11 is 1.38. The van der Waals surface area contributed by atoms with Crippen LogP contribution in [0.5, 0.6) is 0 Å². The molecule has 1 heterocycles. The summed E-state index contributed by atoms with van der Waals surface area (Å²) in [5.41, 5.74) is 4.26. The number of aryl methyl sites for hydroxylation is 2. The minimum atomic E-state index is -0.438. The lowest BCUT2D eigenvalue weighted by molar-refractivity contribution is -0.384. The third-order valence-corrected chi connectivity index (χ3v) is 5.53. The molecule has 8 nitrogen and oxygen atoms in total. The number of nitrogens with one attached hydrogen (secondary N) is 2. The first-order valence-corrected chi connectivity index (χ1v) is 10.4. The molecule has 0 aliphatic rings. The van der Waals surface area contributed by atoms with Crippen molar-refractivity contribution in [3.05, 3.63) is 76.1 Å². The first-order valence-electron chi connectivity index (χ1n) is 9.43. The Labute approximate surface area is 178 Å². The molecule has 30 heavy (non-hydrogen) atoms. The number of carbonyl (C=O) groups excluding carboxylic acids is 1. The minimum Gasteiger partial charge on any atom is -0.383 e. The fraction of sp³-hybridized carbons (Fsp3) is 0.238. The Morgan fingerprint density at radius 3 is 2.60 bits per heavy atom. The second-order valence-corrected chi connectivity index (χ2v) is 7.66. The Balaban J connectivity index is 1.44. The number of imidazole rings is 1. The van der Waals surface area contributed by atoms with Gasteiger partial charge in [0, 0.05) is 49.0 Å². The zero-order valence-electron chi connectivity index (χ0n) is 16.8. The van der Waals surface area contributed by atoms with Crippen LogP contribution >= 0.6 is 11.8 Å². The second kappa shape index (κ2) is 9.93. The van der Waals surface area contributed by atoms with Gasteiger partial charge in [0.1, 0.15) is 0 Å². The van der Waals surface area contributed by atoms with Crippen LogP contribution in [-0.2, 0) is 4.79 Å². The smallest absolute Gasteiger partial charge is 0.269 e. The predicted molar refractivity (Wildman–Crippen MR) is 118 cm³/mol. The first-order chi connectivity index (χ1) is 14.4. The van der Waals surface area contributed by atoms with E-state index in [1.807, 2.05) is 16.8 Å². The number of nitrogens with zero attached hydrogens (tertiary/aromatic N) is 3. The molecule has 1 amide bonds. The first kappa shape index (κ1) is 21.4. The standard InChI is InChI=1S/C21H23N5O3S/c1-15-3-6-19(13-16(15)2)25-12-11-24-21(25)30-14-20(27)23-10-9-22-17-4-7-18(8-5-17)26(28)29/h3-8,11-13,22H,9-10,14H2,1-2H3,(H,23,27). The predicted octanol–water partition coefficient (Wildman–Crippen LogP) is 3.72. The van der Waals surface area contributed by atoms with E-state index in [4.69, 9.17) is 0 Å². The van der Waals surface area contributed by atoms with Crippen LogP contribution in [0, 0.1) is 24.0 Å². The molecule has 0 atom stereocenters. The molecular weight excluding hydrogens is 402 g/mol. The number of non-ortho nitro benzene ring substituents is 1. The summed E-state index contributed by atoms with van der Waals surface area (Å²) in [5.74, 6) is 0.180. The number of benzene rings is 2. The van der Waals surface area contributed by atoms with Crippen molar-refractivity contribution in [1.29, 1.82) is 0 Å². The molecule has 0 radical (unpaired) electrons. The maximum Gasteiger partial charge on any atom is 0.269 e. The summed E-state index contributed by atoms with van der Waals surface area (Å²) in [6.07, 6.45) is 3.61. The van der Waals surface area contributed by atoms with Crippen LogP contribution in [0.3, 0.4) is 0 Å². The molecule has 2 aromatic carbocycles. The number of hydrogen-bond acceptors (Lipinski definition) is 6. The van der Waals surface area contributed by atoms with Gasteiger partial charge in [0.25, 0.3) is 5.69 Å². The summed E-state index contributed by atoms with van der Waals surface area (Å²) < 4.78 is 1.97. The summed E-state index contributed by atoms with van der Waals surface area (Å²) in [5, 5.41) is 17.4. The Morgan fingerprint density at radius 1 is 1.13 bits per heavy atom. The van der Waals surface area contributed by atoms with Gasteiger partial charge < -0.3 is 10.6 Å². The molecule has 1 aromatic heterocycles. The van der Waals surface area contributed by atoms with Crippen LogP contribution < -0.4 is 10.6 Å². The quantitative estimate of drug-likeness (QED) is 0.234. The van der Waals surface area contributed by atoms with E-state index in [0.717, 1.165) is 16.5 Å². The highest BCUT2D eigenvalue weighted by Gasteiger charge is 2.10. The monoisotopic (exact) mass is 425 g/mol. The Hall–Kier alpha value is -3.33. The molecule has 156 valence electrons.